The molecule has 1 aromatic carbocycles. The Labute approximate surface area is 172 Å². The highest BCUT2D eigenvalue weighted by molar-refractivity contribution is 7.91. The van der Waals surface area contributed by atoms with Crippen LogP contribution >= 0.6 is 11.3 Å². The third-order valence-corrected chi connectivity index (χ3v) is 7.46. The predicted molar refractivity (Wildman–Crippen MR) is 111 cm³/mol. The number of rotatable bonds is 4. The van der Waals surface area contributed by atoms with Crippen molar-refractivity contribution in [3.05, 3.63) is 34.7 Å². The number of amides is 2. The number of hydrazone groups is 1. The Balaban J connectivity index is 1.46. The van der Waals surface area contributed by atoms with E-state index in [1.165, 1.54) is 5.01 Å². The summed E-state index contributed by atoms with van der Waals surface area (Å²) in [5, 5.41) is 11.1. The summed E-state index contributed by atoms with van der Waals surface area (Å²) in [6.45, 7) is 1.95. The van der Waals surface area contributed by atoms with E-state index in [0.29, 0.717) is 12.1 Å². The number of nitrogens with zero attached hydrogens (tertiary/aromatic N) is 3. The fourth-order valence-corrected chi connectivity index (χ4v) is 5.73. The maximum atomic E-state index is 12.6. The third kappa shape index (κ3) is 4.38. The van der Waals surface area contributed by atoms with E-state index in [9.17, 15) is 18.0 Å². The topological polar surface area (TPSA) is 109 Å². The fourth-order valence-electron chi connectivity index (χ4n) is 3.41. The Kier molecular flexibility index (Phi) is 5.22. The summed E-state index contributed by atoms with van der Waals surface area (Å²) in [5.41, 5.74) is 2.69. The van der Waals surface area contributed by atoms with Crippen LogP contribution in [0.4, 0.5) is 5.69 Å². The molecule has 4 rings (SSSR count). The molecule has 10 heteroatoms. The standard InChI is InChI=1S/C19H20N4O4S2/c1-12-20-17(10-28-12)13-2-4-14(5-3-13)21-19(25)16-6-7-18(24)23(22-16)15-8-9-29(26,27)11-15/h2-5,10,15H,6-9,11H2,1H3,(H,21,25). The van der Waals surface area contributed by atoms with Crippen LogP contribution in [-0.2, 0) is 19.4 Å². The summed E-state index contributed by atoms with van der Waals surface area (Å²) >= 11 is 1.58. The number of carbonyl (C=O) groups is 2. The van der Waals surface area contributed by atoms with Crippen LogP contribution in [0, 0.1) is 6.92 Å². The highest BCUT2D eigenvalue weighted by Gasteiger charge is 2.37. The second-order valence-electron chi connectivity index (χ2n) is 7.13. The van der Waals surface area contributed by atoms with Gasteiger partial charge < -0.3 is 5.32 Å². The monoisotopic (exact) mass is 432 g/mol. The summed E-state index contributed by atoms with van der Waals surface area (Å²) in [6.07, 6.45) is 0.728. The van der Waals surface area contributed by atoms with E-state index in [0.717, 1.165) is 16.3 Å². The molecule has 0 radical (unpaired) electrons. The van der Waals surface area contributed by atoms with Crippen molar-refractivity contribution in [3.8, 4) is 11.3 Å². The molecular weight excluding hydrogens is 412 g/mol. The molecule has 3 heterocycles. The van der Waals surface area contributed by atoms with E-state index in [2.05, 4.69) is 15.4 Å². The maximum Gasteiger partial charge on any atom is 0.271 e. The van der Waals surface area contributed by atoms with E-state index in [1.54, 1.807) is 23.5 Å². The van der Waals surface area contributed by atoms with Gasteiger partial charge in [-0.05, 0) is 25.5 Å². The van der Waals surface area contributed by atoms with Gasteiger partial charge in [0.25, 0.3) is 5.91 Å². The summed E-state index contributed by atoms with van der Waals surface area (Å²) in [6, 6.07) is 6.85. The van der Waals surface area contributed by atoms with Crippen molar-refractivity contribution in [2.45, 2.75) is 32.2 Å². The van der Waals surface area contributed by atoms with Gasteiger partial charge in [0.05, 0.1) is 28.2 Å². The Morgan fingerprint density at radius 2 is 2.00 bits per heavy atom. The predicted octanol–water partition coefficient (Wildman–Crippen LogP) is 2.22. The Morgan fingerprint density at radius 1 is 1.24 bits per heavy atom. The lowest BCUT2D eigenvalue weighted by Crippen LogP contribution is -2.42. The SMILES string of the molecule is Cc1nc(-c2ccc(NC(=O)C3=NN(C4CCS(=O)(=O)C4)C(=O)CC3)cc2)cs1. The van der Waals surface area contributed by atoms with Crippen molar-refractivity contribution in [2.75, 3.05) is 16.8 Å². The summed E-state index contributed by atoms with van der Waals surface area (Å²) in [4.78, 5) is 29.2. The average molecular weight is 433 g/mol. The average Bonchev–Trinajstić information content (AvgIpc) is 3.28. The summed E-state index contributed by atoms with van der Waals surface area (Å²) < 4.78 is 23.4. The Hall–Kier alpha value is -2.59. The third-order valence-electron chi connectivity index (χ3n) is 4.93. The van der Waals surface area contributed by atoms with Crippen LogP contribution in [0.2, 0.25) is 0 Å². The van der Waals surface area contributed by atoms with Gasteiger partial charge in [0.1, 0.15) is 5.71 Å². The molecule has 2 aromatic rings. The van der Waals surface area contributed by atoms with Crippen molar-refractivity contribution in [2.24, 2.45) is 5.10 Å². The molecular formula is C19H20N4O4S2. The van der Waals surface area contributed by atoms with E-state index in [1.807, 2.05) is 24.4 Å². The number of aryl methyl sites for hydroxylation is 1. The number of nitrogens with one attached hydrogen (secondary N) is 1. The van der Waals surface area contributed by atoms with Crippen molar-refractivity contribution in [1.82, 2.24) is 9.99 Å². The highest BCUT2D eigenvalue weighted by Crippen LogP contribution is 2.24. The minimum Gasteiger partial charge on any atom is -0.321 e. The number of carbonyl (C=O) groups excluding carboxylic acids is 2. The zero-order chi connectivity index (χ0) is 20.6. The summed E-state index contributed by atoms with van der Waals surface area (Å²) in [7, 11) is -3.15. The number of sulfone groups is 1. The molecule has 1 N–H and O–H groups in total. The molecule has 0 saturated carbocycles. The van der Waals surface area contributed by atoms with E-state index < -0.39 is 15.9 Å². The maximum absolute atomic E-state index is 12.6. The highest BCUT2D eigenvalue weighted by atomic mass is 32.2. The number of thiazole rings is 1. The first-order chi connectivity index (χ1) is 13.8. The molecule has 152 valence electrons. The lowest BCUT2D eigenvalue weighted by Gasteiger charge is -2.27. The van der Waals surface area contributed by atoms with Crippen molar-refractivity contribution in [1.29, 1.82) is 0 Å². The molecule has 2 aliphatic heterocycles. The van der Waals surface area contributed by atoms with Gasteiger partial charge in [-0.25, -0.2) is 18.4 Å². The second kappa shape index (κ2) is 7.68. The van der Waals surface area contributed by atoms with Gasteiger partial charge in [-0.15, -0.1) is 11.3 Å². The molecule has 2 amide bonds. The zero-order valence-electron chi connectivity index (χ0n) is 15.8. The summed E-state index contributed by atoms with van der Waals surface area (Å²) in [5.74, 6) is -0.690. The Bertz CT molecular complexity index is 1090. The number of hydrogen-bond donors (Lipinski definition) is 1. The van der Waals surface area contributed by atoms with Crippen molar-refractivity contribution in [3.63, 3.8) is 0 Å². The number of benzene rings is 1. The molecule has 2 aliphatic rings. The molecule has 0 bridgehead atoms. The minimum atomic E-state index is -3.15. The van der Waals surface area contributed by atoms with Gasteiger partial charge in [-0.1, -0.05) is 12.1 Å². The molecule has 1 saturated heterocycles. The first-order valence-corrected chi connectivity index (χ1v) is 11.9. The number of anilines is 1. The molecule has 1 unspecified atom stereocenters. The molecule has 1 atom stereocenters. The van der Waals surface area contributed by atoms with Crippen molar-refractivity contribution >= 4 is 44.4 Å². The van der Waals surface area contributed by atoms with E-state index in [4.69, 9.17) is 0 Å². The van der Waals surface area contributed by atoms with Crippen LogP contribution < -0.4 is 5.32 Å². The normalized spacial score (nSPS) is 21.1. The van der Waals surface area contributed by atoms with E-state index >= 15 is 0 Å². The Morgan fingerprint density at radius 3 is 2.62 bits per heavy atom. The second-order valence-corrected chi connectivity index (χ2v) is 10.4. The van der Waals surface area contributed by atoms with E-state index in [-0.39, 0.29) is 41.9 Å². The minimum absolute atomic E-state index is 0.0450. The van der Waals surface area contributed by atoms with Crippen LogP contribution in [0.25, 0.3) is 11.3 Å². The van der Waals surface area contributed by atoms with Crippen molar-refractivity contribution < 1.29 is 18.0 Å². The van der Waals surface area contributed by atoms with Gasteiger partial charge in [-0.3, -0.25) is 9.59 Å². The zero-order valence-corrected chi connectivity index (χ0v) is 17.4. The van der Waals surface area contributed by atoms with Crippen LogP contribution in [-0.4, -0.2) is 53.5 Å². The number of hydrogen-bond acceptors (Lipinski definition) is 7. The van der Waals surface area contributed by atoms with Gasteiger partial charge in [0, 0.05) is 29.5 Å². The fraction of sp³-hybridized carbons (Fsp3) is 0.368. The largest absolute Gasteiger partial charge is 0.321 e. The molecule has 1 aromatic heterocycles. The lowest BCUT2D eigenvalue weighted by molar-refractivity contribution is -0.133. The first-order valence-electron chi connectivity index (χ1n) is 9.25. The molecule has 1 fully saturated rings. The van der Waals surface area contributed by atoms with Gasteiger partial charge >= 0.3 is 0 Å². The lowest BCUT2D eigenvalue weighted by atomic mass is 10.1. The van der Waals surface area contributed by atoms with Crippen LogP contribution in [0.15, 0.2) is 34.7 Å². The smallest absolute Gasteiger partial charge is 0.271 e. The quantitative estimate of drug-likeness (QED) is 0.797. The van der Waals surface area contributed by atoms with Gasteiger partial charge in [0.15, 0.2) is 9.84 Å². The first kappa shape index (κ1) is 19.7. The molecule has 8 nitrogen and oxygen atoms in total. The van der Waals surface area contributed by atoms with Gasteiger partial charge in [0.2, 0.25) is 5.91 Å². The van der Waals surface area contributed by atoms with Crippen LogP contribution in [0.5, 0.6) is 0 Å². The number of aromatic nitrogens is 1. The van der Waals surface area contributed by atoms with Gasteiger partial charge in [-0.2, -0.15) is 5.10 Å². The van der Waals surface area contributed by atoms with Crippen LogP contribution in [0.1, 0.15) is 24.3 Å². The van der Waals surface area contributed by atoms with Crippen LogP contribution in [0.3, 0.4) is 0 Å². The molecule has 29 heavy (non-hydrogen) atoms. The molecule has 0 aliphatic carbocycles. The molecule has 0 spiro atoms.